The Hall–Kier alpha value is -5.25. The lowest BCUT2D eigenvalue weighted by atomic mass is 9.76. The molecule has 2 amide bonds. The third-order valence-electron chi connectivity index (χ3n) is 10.9. The number of thiazole rings is 2. The van der Waals surface area contributed by atoms with Gasteiger partial charge >= 0.3 is 11.0 Å². The molecule has 0 saturated heterocycles. The summed E-state index contributed by atoms with van der Waals surface area (Å²) in [5, 5.41) is 7.70. The van der Waals surface area contributed by atoms with Crippen LogP contribution in [-0.4, -0.2) is 32.5 Å². The minimum absolute atomic E-state index is 0.0445. The molecular weight excluding hydrogens is 941 g/mol. The lowest BCUT2D eigenvalue weighted by molar-refractivity contribution is -0.575. The molecule has 2 aliphatic heterocycles. The molecule has 0 spiro atoms. The summed E-state index contributed by atoms with van der Waals surface area (Å²) in [4.78, 5) is 45.4. The van der Waals surface area contributed by atoms with Crippen molar-refractivity contribution in [3.63, 3.8) is 0 Å². The Morgan fingerprint density at radius 3 is 2.32 bits per heavy atom. The molecule has 60 heavy (non-hydrogen) atoms. The smallest absolute Gasteiger partial charge is 0.347 e. The zero-order valence-electron chi connectivity index (χ0n) is 31.5. The third kappa shape index (κ3) is 7.67. The number of rotatable bonds is 7. The van der Waals surface area contributed by atoms with Crippen molar-refractivity contribution in [2.75, 3.05) is 16.4 Å². The highest BCUT2D eigenvalue weighted by Crippen LogP contribution is 2.46. The minimum atomic E-state index is -0.599. The second-order valence-electron chi connectivity index (χ2n) is 14.5. The van der Waals surface area contributed by atoms with Gasteiger partial charge in [-0.2, -0.15) is 9.88 Å². The Morgan fingerprint density at radius 2 is 1.50 bits per heavy atom. The summed E-state index contributed by atoms with van der Waals surface area (Å²) in [6.45, 7) is 0.379. The predicted molar refractivity (Wildman–Crippen MR) is 245 cm³/mol. The molecular formula is C46H33Br2N6O3S3+. The Morgan fingerprint density at radius 1 is 0.750 bits per heavy atom. The van der Waals surface area contributed by atoms with Crippen molar-refractivity contribution in [1.29, 1.82) is 0 Å². The molecule has 10 rings (SSSR count). The van der Waals surface area contributed by atoms with Crippen LogP contribution in [0.5, 0.6) is 5.75 Å². The Bertz CT molecular complexity index is 2830. The number of ether oxygens (including phenoxy) is 1. The van der Waals surface area contributed by atoms with E-state index in [4.69, 9.17) is 4.74 Å². The van der Waals surface area contributed by atoms with Gasteiger partial charge in [0.1, 0.15) is 30.2 Å². The summed E-state index contributed by atoms with van der Waals surface area (Å²) in [6, 6.07) is 26.0. The van der Waals surface area contributed by atoms with E-state index in [2.05, 4.69) is 87.8 Å². The molecule has 3 aromatic carbocycles. The molecule has 0 bridgehead atoms. The number of aromatic nitrogens is 4. The van der Waals surface area contributed by atoms with Crippen molar-refractivity contribution in [2.45, 2.75) is 23.3 Å². The number of carbonyl (C=O) groups excluding carboxylic acids is 2. The molecule has 0 saturated carbocycles. The second-order valence-corrected chi connectivity index (χ2v) is 19.5. The molecule has 0 radical (unpaired) electrons. The lowest BCUT2D eigenvalue weighted by Crippen LogP contribution is -2.35. The van der Waals surface area contributed by atoms with Crippen LogP contribution in [0.2, 0.25) is 0 Å². The van der Waals surface area contributed by atoms with E-state index in [1.807, 2.05) is 89.8 Å². The van der Waals surface area contributed by atoms with E-state index in [1.165, 1.54) is 22.7 Å². The Labute approximate surface area is 375 Å². The standard InChI is InChI=1S/C46H32Br2N6O3S3/c47-30-15-28(18-49-20-30)39-22-51-45(59-39)52-43(55)42-34-10-4-2-8-27(34)25-58-38-17-32(13-14-36(38)42)54-23-40(29-16-31(48)21-50-19-29)60-46(54)53-44(56)41-33-9-3-1-7-26(33)24-57-37-12-6-5-11-35(37)41/h1-23,27,34,41-42H,24-25H2,(H,51,52,55)/p+1. The summed E-state index contributed by atoms with van der Waals surface area (Å²) in [5.74, 6) is 0.260. The summed E-state index contributed by atoms with van der Waals surface area (Å²) in [7, 11) is 0. The number of amides is 2. The molecule has 4 unspecified atom stereocenters. The number of thioether (sulfide) groups is 1. The van der Waals surface area contributed by atoms with Gasteiger partial charge in [0, 0.05) is 67.3 Å². The van der Waals surface area contributed by atoms with Crippen LogP contribution >= 0.6 is 66.3 Å². The number of anilines is 2. The topological polar surface area (TPSA) is 110 Å². The van der Waals surface area contributed by atoms with Gasteiger partial charge in [0.05, 0.1) is 15.7 Å². The maximum Gasteiger partial charge on any atom is 0.347 e. The molecule has 4 aromatic heterocycles. The van der Waals surface area contributed by atoms with Crippen LogP contribution in [0.4, 0.5) is 10.3 Å². The number of fused-ring (bicyclic) bond motifs is 4. The zero-order chi connectivity index (χ0) is 40.7. The maximum absolute atomic E-state index is 14.8. The van der Waals surface area contributed by atoms with Gasteiger partial charge in [-0.15, -0.1) is 11.8 Å². The zero-order valence-corrected chi connectivity index (χ0v) is 37.1. The van der Waals surface area contributed by atoms with Gasteiger partial charge in [-0.25, -0.2) is 9.78 Å². The number of halogens is 2. The first kappa shape index (κ1) is 38.9. The van der Waals surface area contributed by atoms with Gasteiger partial charge in [0.2, 0.25) is 5.91 Å². The SMILES string of the molecule is O=C(Nc1sc(-c2cncc(Br)c2)c[n+]1-c1ccc2c(c1)SCC1C=CC=CC1C2C(=O)Nc1ncc(-c2cncc(Br)c2)s1)C1c2ccccc2COc2ccccc21. The second kappa shape index (κ2) is 16.7. The Balaban J connectivity index is 1.02. The molecule has 6 heterocycles. The van der Waals surface area contributed by atoms with Gasteiger partial charge in [-0.1, -0.05) is 84.2 Å². The molecule has 4 atom stereocenters. The average Bonchev–Trinajstić information content (AvgIpc) is 3.82. The fourth-order valence-electron chi connectivity index (χ4n) is 8.05. The molecule has 2 N–H and O–H groups in total. The van der Waals surface area contributed by atoms with Crippen LogP contribution < -0.4 is 19.9 Å². The van der Waals surface area contributed by atoms with E-state index < -0.39 is 11.8 Å². The van der Waals surface area contributed by atoms with Crippen LogP contribution in [0.1, 0.15) is 34.1 Å². The Kier molecular flexibility index (Phi) is 10.8. The van der Waals surface area contributed by atoms with E-state index in [0.717, 1.165) is 68.4 Å². The van der Waals surface area contributed by atoms with E-state index in [-0.39, 0.29) is 23.7 Å². The van der Waals surface area contributed by atoms with Crippen molar-refractivity contribution < 1.29 is 18.9 Å². The fraction of sp³-hybridized carbons (Fsp3) is 0.130. The van der Waals surface area contributed by atoms with Crippen molar-refractivity contribution in [2.24, 2.45) is 11.8 Å². The highest BCUT2D eigenvalue weighted by atomic mass is 79.9. The number of nitrogens with one attached hydrogen (secondary N) is 2. The van der Waals surface area contributed by atoms with Gasteiger partial charge in [-0.3, -0.25) is 14.8 Å². The molecule has 0 fully saturated rings. The van der Waals surface area contributed by atoms with Crippen LogP contribution in [-0.2, 0) is 16.2 Å². The summed E-state index contributed by atoms with van der Waals surface area (Å²) < 4.78 is 9.97. The molecule has 14 heteroatoms. The van der Waals surface area contributed by atoms with E-state index in [0.29, 0.717) is 22.6 Å². The van der Waals surface area contributed by atoms with Crippen molar-refractivity contribution >= 4 is 88.4 Å². The molecule has 296 valence electrons. The van der Waals surface area contributed by atoms with Crippen LogP contribution in [0, 0.1) is 11.8 Å². The monoisotopic (exact) mass is 971 g/mol. The number of nitrogens with zero attached hydrogens (tertiary/aromatic N) is 4. The first-order valence-corrected chi connectivity index (χ1v) is 23.3. The van der Waals surface area contributed by atoms with E-state index in [9.17, 15) is 9.59 Å². The number of para-hydroxylation sites is 1. The van der Waals surface area contributed by atoms with Gasteiger partial charge in [0.25, 0.3) is 0 Å². The van der Waals surface area contributed by atoms with Crippen molar-refractivity contribution in [3.8, 4) is 32.3 Å². The van der Waals surface area contributed by atoms with Crippen molar-refractivity contribution in [3.05, 3.63) is 172 Å². The van der Waals surface area contributed by atoms with Crippen molar-refractivity contribution in [1.82, 2.24) is 15.0 Å². The van der Waals surface area contributed by atoms with Gasteiger partial charge in [-0.05, 0) is 102 Å². The van der Waals surface area contributed by atoms with Crippen LogP contribution in [0.25, 0.3) is 26.6 Å². The highest BCUT2D eigenvalue weighted by molar-refractivity contribution is 9.10. The number of benzene rings is 3. The van der Waals surface area contributed by atoms with Crippen LogP contribution in [0.3, 0.4) is 0 Å². The lowest BCUT2D eigenvalue weighted by Gasteiger charge is -2.28. The quantitative estimate of drug-likeness (QED) is 0.153. The summed E-state index contributed by atoms with van der Waals surface area (Å²) in [5.41, 5.74) is 6.33. The highest BCUT2D eigenvalue weighted by Gasteiger charge is 2.39. The van der Waals surface area contributed by atoms with Gasteiger partial charge in [0.15, 0.2) is 5.13 Å². The first-order valence-electron chi connectivity index (χ1n) is 19.1. The fourth-order valence-corrected chi connectivity index (χ4v) is 11.9. The third-order valence-corrected chi connectivity index (χ3v) is 15.0. The summed E-state index contributed by atoms with van der Waals surface area (Å²) >= 11 is 11.7. The van der Waals surface area contributed by atoms with Gasteiger partial charge < -0.3 is 10.1 Å². The number of carbonyl (C=O) groups is 2. The minimum Gasteiger partial charge on any atom is -0.489 e. The van der Waals surface area contributed by atoms with E-state index in [1.54, 1.807) is 36.5 Å². The maximum atomic E-state index is 14.8. The molecule has 1 aliphatic carbocycles. The van der Waals surface area contributed by atoms with Crippen LogP contribution in [0.15, 0.2) is 154 Å². The molecule has 3 aliphatic rings. The number of hydrogen-bond acceptors (Lipinski definition) is 9. The predicted octanol–water partition coefficient (Wildman–Crippen LogP) is 11.0. The number of hydrogen-bond donors (Lipinski definition) is 2. The largest absolute Gasteiger partial charge is 0.489 e. The molecule has 9 nitrogen and oxygen atoms in total. The first-order chi connectivity index (χ1) is 29.4. The number of pyridine rings is 2. The number of allylic oxidation sites excluding steroid dienone is 4. The normalized spacial score (nSPS) is 18.8. The average molecular weight is 974 g/mol. The summed E-state index contributed by atoms with van der Waals surface area (Å²) in [6.07, 6.45) is 19.4. The molecule has 7 aromatic rings. The van der Waals surface area contributed by atoms with E-state index >= 15 is 0 Å².